The fourth-order valence-corrected chi connectivity index (χ4v) is 3.56. The van der Waals surface area contributed by atoms with E-state index in [1.165, 1.54) is 5.56 Å². The molecule has 0 aliphatic carbocycles. The highest BCUT2D eigenvalue weighted by atomic mass is 16.5. The summed E-state index contributed by atoms with van der Waals surface area (Å²) < 4.78 is 6.89. The summed E-state index contributed by atoms with van der Waals surface area (Å²) in [6.45, 7) is 9.07. The Balaban J connectivity index is 1.72. The van der Waals surface area contributed by atoms with Gasteiger partial charge in [-0.15, -0.1) is 0 Å². The normalized spacial score (nSPS) is 11.9. The number of hydrogen-bond acceptors (Lipinski definition) is 4. The monoisotopic (exact) mass is 447 g/mol. The van der Waals surface area contributed by atoms with Gasteiger partial charge in [-0.3, -0.25) is 4.79 Å². The van der Waals surface area contributed by atoms with Crippen LogP contribution in [0.3, 0.4) is 0 Å². The van der Waals surface area contributed by atoms with Crippen LogP contribution in [0.25, 0.3) is 5.69 Å². The van der Waals surface area contributed by atoms with Crippen LogP contribution in [-0.2, 0) is 11.2 Å². The number of nitrogens with zero attached hydrogens (tertiary/aromatic N) is 2. The minimum absolute atomic E-state index is 0.114. The highest BCUT2D eigenvalue weighted by molar-refractivity contribution is 5.94. The van der Waals surface area contributed by atoms with Crippen molar-refractivity contribution in [2.24, 2.45) is 5.92 Å². The predicted molar refractivity (Wildman–Crippen MR) is 130 cm³/mol. The van der Waals surface area contributed by atoms with Gasteiger partial charge in [0.1, 0.15) is 0 Å². The molecule has 3 aromatic rings. The topological polar surface area (TPSA) is 73.2 Å². The van der Waals surface area contributed by atoms with Crippen LogP contribution in [0.1, 0.15) is 72.1 Å². The van der Waals surface area contributed by atoms with Crippen molar-refractivity contribution in [1.82, 2.24) is 15.1 Å². The standard InChI is InChI=1S/C27H33N3O3/c1-5-33-27(32)25-17-24(14-11-19(2)3)30(29-25)23-15-12-22(13-16-23)26(31)28-18-20(4)21-9-7-6-8-10-21/h6-10,12-13,15-17,19-20H,5,11,14,18H2,1-4H3,(H,28,31)/t20-/m1/s1. The Kier molecular flexibility index (Phi) is 8.41. The van der Waals surface area contributed by atoms with E-state index in [1.807, 2.05) is 30.3 Å². The summed E-state index contributed by atoms with van der Waals surface area (Å²) >= 11 is 0. The van der Waals surface area contributed by atoms with E-state index in [0.29, 0.717) is 30.3 Å². The Labute approximate surface area is 196 Å². The van der Waals surface area contributed by atoms with Crippen LogP contribution >= 0.6 is 0 Å². The molecule has 1 N–H and O–H groups in total. The zero-order valence-corrected chi connectivity index (χ0v) is 19.9. The molecule has 2 aromatic carbocycles. The summed E-state index contributed by atoms with van der Waals surface area (Å²) in [4.78, 5) is 24.8. The van der Waals surface area contributed by atoms with Crippen LogP contribution in [-0.4, -0.2) is 34.8 Å². The van der Waals surface area contributed by atoms with Gasteiger partial charge in [-0.05, 0) is 67.5 Å². The first-order valence-corrected chi connectivity index (χ1v) is 11.6. The fourth-order valence-electron chi connectivity index (χ4n) is 3.56. The molecule has 174 valence electrons. The molecule has 0 unspecified atom stereocenters. The molecule has 1 aromatic heterocycles. The van der Waals surface area contributed by atoms with E-state index < -0.39 is 5.97 Å². The van der Waals surface area contributed by atoms with E-state index in [-0.39, 0.29) is 11.8 Å². The van der Waals surface area contributed by atoms with E-state index >= 15 is 0 Å². The molecule has 0 aliphatic heterocycles. The number of benzene rings is 2. The molecule has 6 nitrogen and oxygen atoms in total. The fraction of sp³-hybridized carbons (Fsp3) is 0.370. The van der Waals surface area contributed by atoms with Crippen LogP contribution in [0.2, 0.25) is 0 Å². The average molecular weight is 448 g/mol. The lowest BCUT2D eigenvalue weighted by Gasteiger charge is -2.13. The quantitative estimate of drug-likeness (QED) is 0.435. The number of aromatic nitrogens is 2. The Morgan fingerprint density at radius 2 is 1.73 bits per heavy atom. The minimum atomic E-state index is -0.425. The molecule has 0 radical (unpaired) electrons. The SMILES string of the molecule is CCOC(=O)c1cc(CCC(C)C)n(-c2ccc(C(=O)NC[C@@H](C)c3ccccc3)cc2)n1. The number of carbonyl (C=O) groups is 2. The minimum Gasteiger partial charge on any atom is -0.461 e. The number of rotatable bonds is 10. The summed E-state index contributed by atoms with van der Waals surface area (Å²) in [5.74, 6) is 0.217. The molecule has 3 rings (SSSR count). The van der Waals surface area contributed by atoms with Gasteiger partial charge in [0.15, 0.2) is 5.69 Å². The number of esters is 1. The van der Waals surface area contributed by atoms with Gasteiger partial charge in [0.05, 0.1) is 12.3 Å². The van der Waals surface area contributed by atoms with Crippen molar-refractivity contribution >= 4 is 11.9 Å². The molecular weight excluding hydrogens is 414 g/mol. The first-order chi connectivity index (χ1) is 15.9. The number of nitrogens with one attached hydrogen (secondary N) is 1. The summed E-state index contributed by atoms with van der Waals surface area (Å²) in [7, 11) is 0. The summed E-state index contributed by atoms with van der Waals surface area (Å²) in [6, 6.07) is 19.2. The zero-order chi connectivity index (χ0) is 23.8. The lowest BCUT2D eigenvalue weighted by atomic mass is 10.0. The van der Waals surface area contributed by atoms with E-state index in [2.05, 4.69) is 43.3 Å². The van der Waals surface area contributed by atoms with E-state index in [9.17, 15) is 9.59 Å². The summed E-state index contributed by atoms with van der Waals surface area (Å²) in [5.41, 5.74) is 3.82. The molecule has 1 atom stereocenters. The van der Waals surface area contributed by atoms with Crippen LogP contribution in [0.5, 0.6) is 0 Å². The maximum atomic E-state index is 12.6. The molecule has 0 bridgehead atoms. The Hall–Kier alpha value is -3.41. The first-order valence-electron chi connectivity index (χ1n) is 11.6. The molecule has 33 heavy (non-hydrogen) atoms. The maximum absolute atomic E-state index is 12.6. The molecule has 6 heteroatoms. The molecule has 0 saturated carbocycles. The molecule has 0 aliphatic rings. The van der Waals surface area contributed by atoms with E-state index in [1.54, 1.807) is 29.8 Å². The molecule has 1 amide bonds. The number of carbonyl (C=O) groups excluding carboxylic acids is 2. The Morgan fingerprint density at radius 1 is 1.03 bits per heavy atom. The summed E-state index contributed by atoms with van der Waals surface area (Å²) in [5, 5.41) is 7.50. The molecule has 0 saturated heterocycles. The second-order valence-corrected chi connectivity index (χ2v) is 8.65. The van der Waals surface area contributed by atoms with Gasteiger partial charge in [0.25, 0.3) is 5.91 Å². The van der Waals surface area contributed by atoms with Crippen molar-refractivity contribution < 1.29 is 14.3 Å². The van der Waals surface area contributed by atoms with Gasteiger partial charge in [0.2, 0.25) is 0 Å². The molecular formula is C27H33N3O3. The first kappa shape index (κ1) is 24.2. The second kappa shape index (κ2) is 11.5. The smallest absolute Gasteiger partial charge is 0.358 e. The number of hydrogen-bond donors (Lipinski definition) is 1. The number of amides is 1. The van der Waals surface area contributed by atoms with Crippen LogP contribution < -0.4 is 5.32 Å². The van der Waals surface area contributed by atoms with Gasteiger partial charge >= 0.3 is 5.97 Å². The van der Waals surface area contributed by atoms with Crippen LogP contribution in [0.15, 0.2) is 60.7 Å². The van der Waals surface area contributed by atoms with Crippen molar-refractivity contribution in [3.8, 4) is 5.69 Å². The van der Waals surface area contributed by atoms with Crippen molar-refractivity contribution in [3.63, 3.8) is 0 Å². The van der Waals surface area contributed by atoms with Crippen molar-refractivity contribution in [2.75, 3.05) is 13.2 Å². The van der Waals surface area contributed by atoms with Crippen LogP contribution in [0, 0.1) is 5.92 Å². The van der Waals surface area contributed by atoms with Crippen LogP contribution in [0.4, 0.5) is 0 Å². The molecule has 0 spiro atoms. The predicted octanol–water partition coefficient (Wildman–Crippen LogP) is 5.17. The maximum Gasteiger partial charge on any atom is 0.358 e. The van der Waals surface area contributed by atoms with Gasteiger partial charge in [0, 0.05) is 17.8 Å². The Bertz CT molecular complexity index is 1060. The third-order valence-electron chi connectivity index (χ3n) is 5.56. The number of ether oxygens (including phenoxy) is 1. The highest BCUT2D eigenvalue weighted by Gasteiger charge is 2.17. The zero-order valence-electron chi connectivity index (χ0n) is 19.9. The summed E-state index contributed by atoms with van der Waals surface area (Å²) in [6.07, 6.45) is 1.78. The molecule has 1 heterocycles. The largest absolute Gasteiger partial charge is 0.461 e. The Morgan fingerprint density at radius 3 is 2.36 bits per heavy atom. The van der Waals surface area contributed by atoms with Crippen molar-refractivity contribution in [2.45, 2.75) is 46.5 Å². The lowest BCUT2D eigenvalue weighted by Crippen LogP contribution is -2.27. The van der Waals surface area contributed by atoms with E-state index in [0.717, 1.165) is 24.2 Å². The third-order valence-corrected chi connectivity index (χ3v) is 5.56. The molecule has 0 fully saturated rings. The number of aryl methyl sites for hydroxylation is 1. The van der Waals surface area contributed by atoms with Gasteiger partial charge in [-0.25, -0.2) is 9.48 Å². The second-order valence-electron chi connectivity index (χ2n) is 8.65. The third kappa shape index (κ3) is 6.54. The highest BCUT2D eigenvalue weighted by Crippen LogP contribution is 2.18. The van der Waals surface area contributed by atoms with Crippen molar-refractivity contribution in [1.29, 1.82) is 0 Å². The van der Waals surface area contributed by atoms with Gasteiger partial charge in [-0.2, -0.15) is 5.10 Å². The van der Waals surface area contributed by atoms with Crippen molar-refractivity contribution in [3.05, 3.63) is 83.2 Å². The van der Waals surface area contributed by atoms with E-state index in [4.69, 9.17) is 4.74 Å². The average Bonchev–Trinajstić information content (AvgIpc) is 3.26. The van der Waals surface area contributed by atoms with Gasteiger partial charge in [-0.1, -0.05) is 51.1 Å². The van der Waals surface area contributed by atoms with Gasteiger partial charge < -0.3 is 10.1 Å². The lowest BCUT2D eigenvalue weighted by molar-refractivity contribution is 0.0518.